The van der Waals surface area contributed by atoms with E-state index in [1.807, 2.05) is 0 Å². The van der Waals surface area contributed by atoms with Crippen molar-refractivity contribution >= 4 is 15.9 Å². The number of benzene rings is 1. The van der Waals surface area contributed by atoms with Crippen LogP contribution in [0, 0.1) is 12.3 Å². The molecule has 0 heterocycles. The van der Waals surface area contributed by atoms with Gasteiger partial charge >= 0.3 is 0 Å². The molecular formula is C16H23BrO. The van der Waals surface area contributed by atoms with E-state index in [1.54, 1.807) is 7.11 Å². The Bertz CT molecular complexity index is 394. The van der Waals surface area contributed by atoms with Crippen LogP contribution in [0.5, 0.6) is 5.75 Å². The highest BCUT2D eigenvalue weighted by atomic mass is 79.9. The summed E-state index contributed by atoms with van der Waals surface area (Å²) in [5.41, 5.74) is 3.14. The number of methoxy groups -OCH3 is 1. The molecule has 0 N–H and O–H groups in total. The third kappa shape index (κ3) is 3.09. The van der Waals surface area contributed by atoms with Gasteiger partial charge in [-0.1, -0.05) is 52.9 Å². The predicted octanol–water partition coefficient (Wildman–Crippen LogP) is 4.89. The molecule has 0 radical (unpaired) electrons. The van der Waals surface area contributed by atoms with Crippen molar-refractivity contribution in [2.45, 2.75) is 45.4 Å². The number of halogens is 1. The Hall–Kier alpha value is -0.500. The van der Waals surface area contributed by atoms with Gasteiger partial charge in [-0.05, 0) is 43.2 Å². The maximum atomic E-state index is 5.52. The lowest BCUT2D eigenvalue weighted by Gasteiger charge is -2.36. The molecule has 0 spiro atoms. The van der Waals surface area contributed by atoms with Gasteiger partial charge in [-0.3, -0.25) is 0 Å². The molecule has 0 bridgehead atoms. The van der Waals surface area contributed by atoms with Crippen LogP contribution in [0.15, 0.2) is 18.2 Å². The molecule has 2 rings (SSSR count). The van der Waals surface area contributed by atoms with Crippen LogP contribution < -0.4 is 4.74 Å². The van der Waals surface area contributed by atoms with Crippen LogP contribution in [0.25, 0.3) is 0 Å². The highest BCUT2D eigenvalue weighted by molar-refractivity contribution is 9.09. The number of alkyl halides is 1. The van der Waals surface area contributed by atoms with Crippen molar-refractivity contribution in [2.24, 2.45) is 5.41 Å². The zero-order chi connectivity index (χ0) is 13.0. The summed E-state index contributed by atoms with van der Waals surface area (Å²) < 4.78 is 5.52. The molecular weight excluding hydrogens is 288 g/mol. The first-order valence-electron chi connectivity index (χ1n) is 6.89. The van der Waals surface area contributed by atoms with Crippen molar-refractivity contribution in [2.75, 3.05) is 12.4 Å². The number of hydrogen-bond acceptors (Lipinski definition) is 1. The van der Waals surface area contributed by atoms with E-state index in [-0.39, 0.29) is 0 Å². The van der Waals surface area contributed by atoms with Gasteiger partial charge in [0.15, 0.2) is 0 Å². The highest BCUT2D eigenvalue weighted by Crippen LogP contribution is 2.42. The summed E-state index contributed by atoms with van der Waals surface area (Å²) in [6.07, 6.45) is 7.98. The van der Waals surface area contributed by atoms with Gasteiger partial charge < -0.3 is 4.74 Å². The minimum Gasteiger partial charge on any atom is -0.496 e. The van der Waals surface area contributed by atoms with Crippen LogP contribution in [0.2, 0.25) is 0 Å². The van der Waals surface area contributed by atoms with E-state index in [4.69, 9.17) is 4.74 Å². The molecule has 1 nitrogen and oxygen atoms in total. The second-order valence-electron chi connectivity index (χ2n) is 5.69. The summed E-state index contributed by atoms with van der Waals surface area (Å²) in [7, 11) is 1.77. The Kier molecular flexibility index (Phi) is 4.71. The van der Waals surface area contributed by atoms with Crippen molar-refractivity contribution in [1.29, 1.82) is 0 Å². The molecule has 1 saturated carbocycles. The number of rotatable bonds is 4. The quantitative estimate of drug-likeness (QED) is 0.719. The van der Waals surface area contributed by atoms with E-state index >= 15 is 0 Å². The summed E-state index contributed by atoms with van der Waals surface area (Å²) in [5.74, 6) is 1.05. The van der Waals surface area contributed by atoms with Gasteiger partial charge in [-0.25, -0.2) is 0 Å². The first kappa shape index (κ1) is 13.9. The summed E-state index contributed by atoms with van der Waals surface area (Å²) in [4.78, 5) is 0. The summed E-state index contributed by atoms with van der Waals surface area (Å²) in [5, 5.41) is 1.11. The fourth-order valence-electron chi connectivity index (χ4n) is 3.11. The van der Waals surface area contributed by atoms with Gasteiger partial charge in [0.05, 0.1) is 7.11 Å². The Balaban J connectivity index is 2.23. The Labute approximate surface area is 119 Å². The third-order valence-corrected chi connectivity index (χ3v) is 5.39. The minimum absolute atomic E-state index is 0.444. The number of ether oxygens (including phenoxy) is 1. The van der Waals surface area contributed by atoms with E-state index < -0.39 is 0 Å². The van der Waals surface area contributed by atoms with E-state index in [1.165, 1.54) is 43.2 Å². The molecule has 100 valence electrons. The number of hydrogen-bond donors (Lipinski definition) is 0. The minimum atomic E-state index is 0.444. The SMILES string of the molecule is COc1ccc(C)cc1CC1(CBr)CCCCC1. The lowest BCUT2D eigenvalue weighted by Crippen LogP contribution is -2.28. The van der Waals surface area contributed by atoms with Crippen LogP contribution in [0.3, 0.4) is 0 Å². The molecule has 1 aliphatic carbocycles. The normalized spacial score (nSPS) is 18.6. The molecule has 1 aliphatic rings. The fourth-order valence-corrected chi connectivity index (χ4v) is 3.87. The molecule has 1 aromatic carbocycles. The average Bonchev–Trinajstić information content (AvgIpc) is 2.40. The van der Waals surface area contributed by atoms with Gasteiger partial charge in [-0.15, -0.1) is 0 Å². The summed E-state index contributed by atoms with van der Waals surface area (Å²) in [6.45, 7) is 2.16. The van der Waals surface area contributed by atoms with Gasteiger partial charge in [0.1, 0.15) is 5.75 Å². The largest absolute Gasteiger partial charge is 0.496 e. The first-order chi connectivity index (χ1) is 8.69. The van der Waals surface area contributed by atoms with E-state index in [0.717, 1.165) is 17.5 Å². The topological polar surface area (TPSA) is 9.23 Å². The zero-order valence-corrected chi connectivity index (χ0v) is 13.1. The standard InChI is InChI=1S/C16H23BrO/c1-13-6-7-15(18-2)14(10-13)11-16(12-17)8-4-3-5-9-16/h6-7,10H,3-5,8-9,11-12H2,1-2H3. The lowest BCUT2D eigenvalue weighted by atomic mass is 9.72. The van der Waals surface area contributed by atoms with Gasteiger partial charge in [0.2, 0.25) is 0 Å². The second kappa shape index (κ2) is 6.10. The van der Waals surface area contributed by atoms with Crippen LogP contribution in [-0.2, 0) is 6.42 Å². The van der Waals surface area contributed by atoms with Crippen LogP contribution in [0.4, 0.5) is 0 Å². The van der Waals surface area contributed by atoms with Crippen molar-refractivity contribution in [3.63, 3.8) is 0 Å². The molecule has 1 aromatic rings. The zero-order valence-electron chi connectivity index (χ0n) is 11.5. The number of aryl methyl sites for hydroxylation is 1. The summed E-state index contributed by atoms with van der Waals surface area (Å²) >= 11 is 3.75. The molecule has 0 aliphatic heterocycles. The molecule has 0 saturated heterocycles. The molecule has 1 fully saturated rings. The molecule has 2 heteroatoms. The van der Waals surface area contributed by atoms with Gasteiger partial charge in [-0.2, -0.15) is 0 Å². The van der Waals surface area contributed by atoms with Gasteiger partial charge in [0.25, 0.3) is 0 Å². The second-order valence-corrected chi connectivity index (χ2v) is 6.25. The Morgan fingerprint density at radius 2 is 1.94 bits per heavy atom. The average molecular weight is 311 g/mol. The lowest BCUT2D eigenvalue weighted by molar-refractivity contribution is 0.221. The smallest absolute Gasteiger partial charge is 0.122 e. The third-order valence-electron chi connectivity index (χ3n) is 4.20. The van der Waals surface area contributed by atoms with E-state index in [0.29, 0.717) is 5.41 Å². The highest BCUT2D eigenvalue weighted by Gasteiger charge is 2.31. The molecule has 18 heavy (non-hydrogen) atoms. The van der Waals surface area contributed by atoms with Crippen molar-refractivity contribution in [3.05, 3.63) is 29.3 Å². The van der Waals surface area contributed by atoms with Crippen molar-refractivity contribution in [1.82, 2.24) is 0 Å². The Morgan fingerprint density at radius 1 is 1.22 bits per heavy atom. The van der Waals surface area contributed by atoms with Crippen molar-refractivity contribution in [3.8, 4) is 5.75 Å². The van der Waals surface area contributed by atoms with Crippen molar-refractivity contribution < 1.29 is 4.74 Å². The van der Waals surface area contributed by atoms with E-state index in [2.05, 4.69) is 41.1 Å². The Morgan fingerprint density at radius 3 is 2.56 bits per heavy atom. The molecule has 0 aromatic heterocycles. The maximum Gasteiger partial charge on any atom is 0.122 e. The molecule has 0 atom stereocenters. The van der Waals surface area contributed by atoms with Crippen LogP contribution >= 0.6 is 15.9 Å². The predicted molar refractivity (Wildman–Crippen MR) is 80.7 cm³/mol. The molecule has 0 amide bonds. The van der Waals surface area contributed by atoms with E-state index in [9.17, 15) is 0 Å². The first-order valence-corrected chi connectivity index (χ1v) is 8.01. The monoisotopic (exact) mass is 310 g/mol. The van der Waals surface area contributed by atoms with Gasteiger partial charge in [0, 0.05) is 5.33 Å². The van der Waals surface area contributed by atoms with Crippen LogP contribution in [-0.4, -0.2) is 12.4 Å². The van der Waals surface area contributed by atoms with Crippen LogP contribution in [0.1, 0.15) is 43.2 Å². The molecule has 0 unspecified atom stereocenters. The summed E-state index contributed by atoms with van der Waals surface area (Å²) in [6, 6.07) is 6.53. The maximum absolute atomic E-state index is 5.52. The fraction of sp³-hybridized carbons (Fsp3) is 0.625.